The van der Waals surface area contributed by atoms with E-state index in [-0.39, 0.29) is 23.7 Å². The van der Waals surface area contributed by atoms with Gasteiger partial charge in [0.2, 0.25) is 11.8 Å². The zero-order chi connectivity index (χ0) is 26.9. The van der Waals surface area contributed by atoms with Crippen LogP contribution in [0.5, 0.6) is 17.2 Å². The molecule has 5 rings (SSSR count). The number of thioether (sulfide) groups is 1. The lowest BCUT2D eigenvalue weighted by atomic mass is 9.99. The Bertz CT molecular complexity index is 1530. The molecular weight excluding hydrogens is 504 g/mol. The van der Waals surface area contributed by atoms with Gasteiger partial charge in [0.1, 0.15) is 34.4 Å². The molecule has 0 spiro atoms. The van der Waals surface area contributed by atoms with E-state index in [0.29, 0.717) is 29.4 Å². The van der Waals surface area contributed by atoms with Crippen LogP contribution in [0.1, 0.15) is 25.2 Å². The van der Waals surface area contributed by atoms with Crippen molar-refractivity contribution in [2.75, 3.05) is 5.32 Å². The molecule has 0 bridgehead atoms. The van der Waals surface area contributed by atoms with Crippen molar-refractivity contribution in [2.24, 2.45) is 7.05 Å². The van der Waals surface area contributed by atoms with Gasteiger partial charge < -0.3 is 19.4 Å². The van der Waals surface area contributed by atoms with E-state index in [9.17, 15) is 14.4 Å². The van der Waals surface area contributed by atoms with E-state index < -0.39 is 4.75 Å². The lowest BCUT2D eigenvalue weighted by Crippen LogP contribution is -2.35. The summed E-state index contributed by atoms with van der Waals surface area (Å²) in [5.74, 6) is 2.37. The monoisotopic (exact) mass is 530 g/mol. The molecule has 194 valence electrons. The van der Waals surface area contributed by atoms with Crippen molar-refractivity contribution >= 4 is 45.5 Å². The lowest BCUT2D eigenvalue weighted by Gasteiger charge is -2.18. The first-order valence-corrected chi connectivity index (χ1v) is 12.8. The third-order valence-corrected chi connectivity index (χ3v) is 7.27. The number of aryl methyl sites for hydroxylation is 1. The molecule has 3 aromatic carbocycles. The molecule has 1 fully saturated rings. The molecule has 1 aromatic heterocycles. The van der Waals surface area contributed by atoms with Crippen LogP contribution in [0.15, 0.2) is 66.7 Å². The highest BCUT2D eigenvalue weighted by molar-refractivity contribution is 8.16. The highest BCUT2D eigenvalue weighted by Gasteiger charge is 2.43. The molecule has 3 amide bonds. The minimum atomic E-state index is -0.800. The number of rotatable bonds is 8. The Hall–Kier alpha value is -4.31. The molecule has 0 saturated carbocycles. The fraction of sp³-hybridized carbons (Fsp3) is 0.214. The van der Waals surface area contributed by atoms with Crippen LogP contribution in [0.3, 0.4) is 0 Å². The zero-order valence-electron chi connectivity index (χ0n) is 21.1. The zero-order valence-corrected chi connectivity index (χ0v) is 21.9. The summed E-state index contributed by atoms with van der Waals surface area (Å²) in [4.78, 5) is 39.5. The summed E-state index contributed by atoms with van der Waals surface area (Å²) in [7, 11) is 1.93. The summed E-state index contributed by atoms with van der Waals surface area (Å²) in [5.41, 5.74) is 3.38. The number of ether oxygens (including phenoxy) is 2. The summed E-state index contributed by atoms with van der Waals surface area (Å²) in [6.07, 6.45) is 0.449. The Morgan fingerprint density at radius 1 is 1.03 bits per heavy atom. The van der Waals surface area contributed by atoms with Crippen molar-refractivity contribution in [1.82, 2.24) is 14.9 Å². The average Bonchev–Trinajstić information content (AvgIpc) is 3.32. The highest BCUT2D eigenvalue weighted by atomic mass is 32.2. The maximum absolute atomic E-state index is 12.1. The van der Waals surface area contributed by atoms with Gasteiger partial charge in [-0.3, -0.25) is 19.7 Å². The third kappa shape index (κ3) is 5.50. The van der Waals surface area contributed by atoms with E-state index in [1.165, 1.54) is 6.92 Å². The number of hydrogen-bond donors (Lipinski definition) is 2. The van der Waals surface area contributed by atoms with Crippen molar-refractivity contribution in [3.63, 3.8) is 0 Å². The van der Waals surface area contributed by atoms with Crippen LogP contribution >= 0.6 is 11.8 Å². The van der Waals surface area contributed by atoms with Gasteiger partial charge in [-0.25, -0.2) is 4.98 Å². The van der Waals surface area contributed by atoms with Crippen LogP contribution < -0.4 is 20.1 Å². The summed E-state index contributed by atoms with van der Waals surface area (Å²) in [6, 6.07) is 20.3. The Kier molecular flexibility index (Phi) is 6.81. The van der Waals surface area contributed by atoms with Gasteiger partial charge >= 0.3 is 0 Å². The second-order valence-corrected chi connectivity index (χ2v) is 10.7. The molecule has 2 heterocycles. The number of anilines is 1. The molecule has 1 unspecified atom stereocenters. The van der Waals surface area contributed by atoms with Gasteiger partial charge in [0, 0.05) is 25.7 Å². The van der Waals surface area contributed by atoms with Gasteiger partial charge in [-0.2, -0.15) is 0 Å². The number of hydrogen-bond acceptors (Lipinski definition) is 7. The summed E-state index contributed by atoms with van der Waals surface area (Å²) in [5, 5.41) is 4.77. The van der Waals surface area contributed by atoms with Crippen LogP contribution in [-0.2, 0) is 29.7 Å². The van der Waals surface area contributed by atoms with Crippen molar-refractivity contribution in [3.8, 4) is 17.2 Å². The van der Waals surface area contributed by atoms with E-state index in [4.69, 9.17) is 9.47 Å². The molecule has 2 N–H and O–H groups in total. The van der Waals surface area contributed by atoms with Crippen LogP contribution in [-0.4, -0.2) is 31.4 Å². The molecule has 4 aromatic rings. The lowest BCUT2D eigenvalue weighted by molar-refractivity contribution is -0.121. The maximum Gasteiger partial charge on any atom is 0.286 e. The number of fused-ring (bicyclic) bond motifs is 1. The number of carbonyl (C=O) groups is 3. The number of amides is 3. The first-order chi connectivity index (χ1) is 18.2. The summed E-state index contributed by atoms with van der Waals surface area (Å²) >= 11 is 1.03. The van der Waals surface area contributed by atoms with E-state index in [1.54, 1.807) is 31.2 Å². The minimum absolute atomic E-state index is 0.126. The molecule has 1 aliphatic rings. The molecule has 1 aliphatic heterocycles. The number of nitrogens with zero attached hydrogens (tertiary/aromatic N) is 2. The Morgan fingerprint density at radius 3 is 2.37 bits per heavy atom. The van der Waals surface area contributed by atoms with Gasteiger partial charge in [0.15, 0.2) is 0 Å². The molecular formula is C28H26N4O5S. The van der Waals surface area contributed by atoms with E-state index in [0.717, 1.165) is 34.2 Å². The number of imidazole rings is 1. The van der Waals surface area contributed by atoms with E-state index in [1.807, 2.05) is 54.1 Å². The average molecular weight is 531 g/mol. The Balaban J connectivity index is 1.23. The highest BCUT2D eigenvalue weighted by Crippen LogP contribution is 2.35. The molecule has 1 atom stereocenters. The number of benzene rings is 3. The SMILES string of the molecule is CC(=O)Nc1ccc(Oc2ccc3nc(COc4ccc(CC5(C)SC(=O)NC5=O)cc4)n(C)c3c2)cc1. The number of imide groups is 1. The number of nitrogens with one attached hydrogen (secondary N) is 2. The van der Waals surface area contributed by atoms with Crippen molar-refractivity contribution in [2.45, 2.75) is 31.6 Å². The number of carbonyl (C=O) groups excluding carboxylic acids is 3. The van der Waals surface area contributed by atoms with E-state index >= 15 is 0 Å². The predicted octanol–water partition coefficient (Wildman–Crippen LogP) is 5.19. The van der Waals surface area contributed by atoms with Gasteiger partial charge in [-0.15, -0.1) is 0 Å². The van der Waals surface area contributed by atoms with Crippen LogP contribution in [0.2, 0.25) is 0 Å². The fourth-order valence-electron chi connectivity index (χ4n) is 4.22. The topological polar surface area (TPSA) is 112 Å². The van der Waals surface area contributed by atoms with E-state index in [2.05, 4.69) is 15.6 Å². The maximum atomic E-state index is 12.1. The Labute approximate surface area is 223 Å². The summed E-state index contributed by atoms with van der Waals surface area (Å²) < 4.78 is 13.1. The van der Waals surface area contributed by atoms with Crippen molar-refractivity contribution < 1.29 is 23.9 Å². The minimum Gasteiger partial charge on any atom is -0.486 e. The standard InChI is InChI=1S/C28H26N4O5S/c1-17(33)29-19-6-10-21(11-7-19)37-22-12-13-23-24(14-22)32(3)25(30-23)16-36-20-8-4-18(5-9-20)15-28(2)26(34)31-27(35)38-28/h4-14H,15-16H2,1-3H3,(H,29,33)(H,31,34,35). The van der Waals surface area contributed by atoms with Crippen molar-refractivity contribution in [3.05, 3.63) is 78.1 Å². The smallest absolute Gasteiger partial charge is 0.286 e. The number of aromatic nitrogens is 2. The van der Waals surface area contributed by atoms with Gasteiger partial charge in [0.05, 0.1) is 11.0 Å². The Morgan fingerprint density at radius 2 is 1.71 bits per heavy atom. The molecule has 0 radical (unpaired) electrons. The molecule has 1 saturated heterocycles. The molecule has 9 nitrogen and oxygen atoms in total. The van der Waals surface area contributed by atoms with Crippen molar-refractivity contribution in [1.29, 1.82) is 0 Å². The fourth-order valence-corrected chi connectivity index (χ4v) is 5.15. The third-order valence-electron chi connectivity index (χ3n) is 6.20. The largest absolute Gasteiger partial charge is 0.486 e. The van der Waals surface area contributed by atoms with Gasteiger partial charge in [-0.1, -0.05) is 12.1 Å². The second-order valence-electron chi connectivity index (χ2n) is 9.23. The quantitative estimate of drug-likeness (QED) is 0.323. The van der Waals surface area contributed by atoms with Gasteiger partial charge in [-0.05, 0) is 79.2 Å². The first kappa shape index (κ1) is 25.3. The molecule has 10 heteroatoms. The predicted molar refractivity (Wildman–Crippen MR) is 146 cm³/mol. The van der Waals surface area contributed by atoms with Crippen LogP contribution in [0.25, 0.3) is 11.0 Å². The molecule has 38 heavy (non-hydrogen) atoms. The summed E-state index contributed by atoms with van der Waals surface area (Å²) in [6.45, 7) is 3.51. The first-order valence-electron chi connectivity index (χ1n) is 12.0. The normalized spacial score (nSPS) is 16.9. The second kappa shape index (κ2) is 10.2. The van der Waals surface area contributed by atoms with Crippen LogP contribution in [0.4, 0.5) is 10.5 Å². The van der Waals surface area contributed by atoms with Gasteiger partial charge in [0.25, 0.3) is 5.24 Å². The molecule has 0 aliphatic carbocycles. The van der Waals surface area contributed by atoms with Crippen LogP contribution in [0, 0.1) is 0 Å².